The lowest BCUT2D eigenvalue weighted by Crippen LogP contribution is -1.66. The normalized spacial score (nSPS) is 10.7. The van der Waals surface area contributed by atoms with Crippen molar-refractivity contribution in [3.05, 3.63) is 33.6 Å². The predicted octanol–water partition coefficient (Wildman–Crippen LogP) is 4.21. The zero-order valence-electron chi connectivity index (χ0n) is 5.47. The van der Waals surface area contributed by atoms with Crippen LogP contribution in [0.2, 0.25) is 10.0 Å². The van der Waals surface area contributed by atoms with Crippen molar-refractivity contribution in [2.24, 2.45) is 0 Å². The molecule has 0 spiro atoms. The average Bonchev–Trinajstić information content (AvgIpc) is 2.36. The third-order valence-electron chi connectivity index (χ3n) is 1.50. The van der Waals surface area contributed by atoms with E-state index in [-0.39, 0.29) is 0 Å². The second-order valence-electron chi connectivity index (χ2n) is 2.22. The highest BCUT2D eigenvalue weighted by Crippen LogP contribution is 2.30. The summed E-state index contributed by atoms with van der Waals surface area (Å²) in [6, 6.07) is 5.81. The van der Waals surface area contributed by atoms with Crippen LogP contribution in [-0.2, 0) is 0 Å². The molecule has 0 saturated carbocycles. The van der Waals surface area contributed by atoms with E-state index in [0.717, 1.165) is 5.39 Å². The van der Waals surface area contributed by atoms with E-state index in [4.69, 9.17) is 23.2 Å². The van der Waals surface area contributed by atoms with E-state index in [1.807, 2.05) is 23.6 Å². The van der Waals surface area contributed by atoms with E-state index in [0.29, 0.717) is 10.0 Å². The summed E-state index contributed by atoms with van der Waals surface area (Å²) >= 11 is 13.3. The van der Waals surface area contributed by atoms with Crippen LogP contribution in [-0.4, -0.2) is 0 Å². The minimum atomic E-state index is 0.623. The van der Waals surface area contributed by atoms with Gasteiger partial charge in [-0.3, -0.25) is 0 Å². The highest BCUT2D eigenvalue weighted by molar-refractivity contribution is 7.17. The molecular formula is C8H4Cl2S. The fourth-order valence-electron chi connectivity index (χ4n) is 0.957. The molecule has 2 rings (SSSR count). The van der Waals surface area contributed by atoms with Gasteiger partial charge < -0.3 is 0 Å². The molecule has 0 radical (unpaired) electrons. The second kappa shape index (κ2) is 2.67. The lowest BCUT2D eigenvalue weighted by atomic mass is 10.3. The number of thiophene rings is 1. The van der Waals surface area contributed by atoms with Gasteiger partial charge in [0.2, 0.25) is 0 Å². The van der Waals surface area contributed by atoms with Crippen LogP contribution in [0.1, 0.15) is 0 Å². The summed E-state index contributed by atoms with van der Waals surface area (Å²) < 4.78 is 1.18. The zero-order valence-corrected chi connectivity index (χ0v) is 7.80. The molecule has 0 aliphatic carbocycles. The molecule has 1 aromatic carbocycles. The van der Waals surface area contributed by atoms with Crippen LogP contribution in [0.5, 0.6) is 0 Å². The van der Waals surface area contributed by atoms with Gasteiger partial charge in [-0.15, -0.1) is 11.3 Å². The lowest BCUT2D eigenvalue weighted by molar-refractivity contribution is 1.84. The van der Waals surface area contributed by atoms with Crippen LogP contribution in [0.4, 0.5) is 0 Å². The van der Waals surface area contributed by atoms with Gasteiger partial charge >= 0.3 is 0 Å². The molecule has 0 amide bonds. The quantitative estimate of drug-likeness (QED) is 0.601. The summed E-state index contributed by atoms with van der Waals surface area (Å²) in [7, 11) is 0. The second-order valence-corrected chi connectivity index (χ2v) is 3.99. The van der Waals surface area contributed by atoms with E-state index < -0.39 is 0 Å². The van der Waals surface area contributed by atoms with Gasteiger partial charge in [-0.1, -0.05) is 23.2 Å². The summed E-state index contributed by atoms with van der Waals surface area (Å²) in [6.45, 7) is 0. The van der Waals surface area contributed by atoms with Gasteiger partial charge in [0.05, 0.1) is 10.0 Å². The monoisotopic (exact) mass is 202 g/mol. The smallest absolute Gasteiger partial charge is 0.0606 e. The Hall–Kier alpha value is -0.240. The Morgan fingerprint density at radius 3 is 2.64 bits per heavy atom. The van der Waals surface area contributed by atoms with Crippen molar-refractivity contribution >= 4 is 44.6 Å². The van der Waals surface area contributed by atoms with Crippen LogP contribution in [0.15, 0.2) is 23.6 Å². The van der Waals surface area contributed by atoms with Crippen molar-refractivity contribution in [1.29, 1.82) is 0 Å². The summed E-state index contributed by atoms with van der Waals surface area (Å²) in [5, 5.41) is 4.43. The van der Waals surface area contributed by atoms with Gasteiger partial charge in [0.25, 0.3) is 0 Å². The number of rotatable bonds is 0. The number of benzene rings is 1. The van der Waals surface area contributed by atoms with Crippen molar-refractivity contribution < 1.29 is 0 Å². The Bertz CT molecular complexity index is 356. The SMILES string of the molecule is Clc1cc2ccsc2cc1Cl. The molecule has 56 valence electrons. The van der Waals surface area contributed by atoms with Crippen LogP contribution >= 0.6 is 34.5 Å². The molecule has 0 atom stereocenters. The van der Waals surface area contributed by atoms with Crippen molar-refractivity contribution in [1.82, 2.24) is 0 Å². The minimum absolute atomic E-state index is 0.623. The van der Waals surface area contributed by atoms with Gasteiger partial charge in [0, 0.05) is 4.70 Å². The summed E-state index contributed by atoms with van der Waals surface area (Å²) in [5.41, 5.74) is 0. The standard InChI is InChI=1S/C8H4Cl2S/c9-6-3-5-1-2-11-8(5)4-7(6)10/h1-4H. The Kier molecular flexibility index (Phi) is 1.80. The molecule has 3 heteroatoms. The van der Waals surface area contributed by atoms with Crippen LogP contribution in [0, 0.1) is 0 Å². The first-order chi connectivity index (χ1) is 5.27. The third-order valence-corrected chi connectivity index (χ3v) is 3.10. The lowest BCUT2D eigenvalue weighted by Gasteiger charge is -1.93. The van der Waals surface area contributed by atoms with E-state index in [9.17, 15) is 0 Å². The largest absolute Gasteiger partial charge is 0.144 e. The maximum Gasteiger partial charge on any atom is 0.0606 e. The molecule has 0 fully saturated rings. The average molecular weight is 203 g/mol. The Morgan fingerprint density at radius 2 is 1.82 bits per heavy atom. The maximum atomic E-state index is 5.82. The van der Waals surface area contributed by atoms with E-state index in [1.54, 1.807) is 11.3 Å². The molecule has 0 aliphatic rings. The molecule has 1 aromatic heterocycles. The van der Waals surface area contributed by atoms with E-state index >= 15 is 0 Å². The first-order valence-electron chi connectivity index (χ1n) is 3.09. The van der Waals surface area contributed by atoms with Gasteiger partial charge in [0.1, 0.15) is 0 Å². The predicted molar refractivity (Wildman–Crippen MR) is 51.8 cm³/mol. The molecule has 0 saturated heterocycles. The third kappa shape index (κ3) is 1.24. The molecule has 0 N–H and O–H groups in total. The highest BCUT2D eigenvalue weighted by atomic mass is 35.5. The molecule has 1 heterocycles. The molecule has 11 heavy (non-hydrogen) atoms. The summed E-state index contributed by atoms with van der Waals surface area (Å²) in [5.74, 6) is 0. The van der Waals surface area contributed by atoms with Gasteiger partial charge in [0.15, 0.2) is 0 Å². The fraction of sp³-hybridized carbons (Fsp3) is 0. The molecule has 2 aromatic rings. The highest BCUT2D eigenvalue weighted by Gasteiger charge is 2.00. The minimum Gasteiger partial charge on any atom is -0.144 e. The first-order valence-corrected chi connectivity index (χ1v) is 4.73. The topological polar surface area (TPSA) is 0 Å². The first kappa shape index (κ1) is 7.41. The van der Waals surface area contributed by atoms with Crippen molar-refractivity contribution in [2.75, 3.05) is 0 Å². The fourth-order valence-corrected chi connectivity index (χ4v) is 2.17. The van der Waals surface area contributed by atoms with Crippen LogP contribution < -0.4 is 0 Å². The number of hydrogen-bond acceptors (Lipinski definition) is 1. The Balaban J connectivity index is 2.86. The summed E-state index contributed by atoms with van der Waals surface area (Å²) in [6.07, 6.45) is 0. The number of halogens is 2. The number of hydrogen-bond donors (Lipinski definition) is 0. The maximum absolute atomic E-state index is 5.82. The van der Waals surface area contributed by atoms with Crippen LogP contribution in [0.3, 0.4) is 0 Å². The van der Waals surface area contributed by atoms with Crippen molar-refractivity contribution in [2.45, 2.75) is 0 Å². The van der Waals surface area contributed by atoms with Crippen molar-refractivity contribution in [3.8, 4) is 0 Å². The summed E-state index contributed by atoms with van der Waals surface area (Å²) in [4.78, 5) is 0. The van der Waals surface area contributed by atoms with E-state index in [2.05, 4.69) is 0 Å². The molecule has 0 nitrogen and oxygen atoms in total. The molecule has 0 aliphatic heterocycles. The Labute approximate surface area is 78.4 Å². The van der Waals surface area contributed by atoms with Crippen molar-refractivity contribution in [3.63, 3.8) is 0 Å². The number of fused-ring (bicyclic) bond motifs is 1. The van der Waals surface area contributed by atoms with Gasteiger partial charge in [-0.2, -0.15) is 0 Å². The van der Waals surface area contributed by atoms with Gasteiger partial charge in [-0.25, -0.2) is 0 Å². The molecular weight excluding hydrogens is 199 g/mol. The molecule has 0 bridgehead atoms. The molecule has 0 unspecified atom stereocenters. The zero-order chi connectivity index (χ0) is 7.84. The van der Waals surface area contributed by atoms with E-state index in [1.165, 1.54) is 4.70 Å². The van der Waals surface area contributed by atoms with Crippen LogP contribution in [0.25, 0.3) is 10.1 Å². The van der Waals surface area contributed by atoms with Gasteiger partial charge in [-0.05, 0) is 29.0 Å². The Morgan fingerprint density at radius 1 is 1.09 bits per heavy atom.